The van der Waals surface area contributed by atoms with Crippen LogP contribution in [0.2, 0.25) is 0 Å². The fraction of sp³-hybridized carbons (Fsp3) is 0.143. The Kier molecular flexibility index (Phi) is 4.91. The van der Waals surface area contributed by atoms with E-state index in [2.05, 4.69) is 5.43 Å². The monoisotopic (exact) mass is 306 g/mol. The predicted molar refractivity (Wildman–Crippen MR) is 77.7 cm³/mol. The minimum absolute atomic E-state index is 0.466. The Hall–Kier alpha value is -2.38. The predicted octanol–water partition coefficient (Wildman–Crippen LogP) is 1.87. The van der Waals surface area contributed by atoms with E-state index in [-0.39, 0.29) is 0 Å². The number of para-hydroxylation sites is 1. The van der Waals surface area contributed by atoms with E-state index in [1.165, 1.54) is 18.4 Å². The van der Waals surface area contributed by atoms with E-state index < -0.39 is 17.8 Å². The summed E-state index contributed by atoms with van der Waals surface area (Å²) in [6.45, 7) is 0. The van der Waals surface area contributed by atoms with Gasteiger partial charge in [-0.15, -0.1) is 11.3 Å². The van der Waals surface area contributed by atoms with E-state index in [1.807, 2.05) is 6.07 Å². The molecule has 6 nitrogen and oxygen atoms in total. The maximum atomic E-state index is 12.1. The average molecular weight is 306 g/mol. The molecular weight excluding hydrogens is 292 g/mol. The van der Waals surface area contributed by atoms with Crippen molar-refractivity contribution in [2.75, 3.05) is 7.05 Å². The molecule has 1 heterocycles. The van der Waals surface area contributed by atoms with Gasteiger partial charge in [0, 0.05) is 11.9 Å². The molecule has 2 aromatic rings. The van der Waals surface area contributed by atoms with Gasteiger partial charge in [-0.1, -0.05) is 29.4 Å². The van der Waals surface area contributed by atoms with Crippen molar-refractivity contribution in [2.24, 2.45) is 0 Å². The molecule has 2 N–H and O–H groups in total. The Morgan fingerprint density at radius 3 is 2.52 bits per heavy atom. The van der Waals surface area contributed by atoms with Crippen molar-refractivity contribution in [3.05, 3.63) is 52.7 Å². The molecule has 0 aliphatic carbocycles. The molecule has 110 valence electrons. The van der Waals surface area contributed by atoms with E-state index >= 15 is 0 Å². The third kappa shape index (κ3) is 4.04. The van der Waals surface area contributed by atoms with Crippen molar-refractivity contribution in [1.82, 2.24) is 10.6 Å². The number of hydroxylamine groups is 1. The molecule has 1 amide bonds. The van der Waals surface area contributed by atoms with Crippen LogP contribution in [0.1, 0.15) is 10.8 Å². The Morgan fingerprint density at radius 1 is 1.24 bits per heavy atom. The minimum atomic E-state index is -1.26. The summed E-state index contributed by atoms with van der Waals surface area (Å²) in [5.41, 5.74) is 2.40. The molecular formula is C14H14N2O4S. The maximum Gasteiger partial charge on any atom is 0.321 e. The molecule has 0 aliphatic rings. The van der Waals surface area contributed by atoms with E-state index in [0.29, 0.717) is 10.6 Å². The van der Waals surface area contributed by atoms with Gasteiger partial charge in [-0.2, -0.15) is 0 Å². The summed E-state index contributed by atoms with van der Waals surface area (Å²) in [7, 11) is 1.48. The number of carboxylic acids is 1. The first-order valence-electron chi connectivity index (χ1n) is 6.11. The number of carbonyl (C=O) groups is 2. The van der Waals surface area contributed by atoms with Gasteiger partial charge in [0.25, 0.3) is 5.91 Å². The minimum Gasteiger partial charge on any atom is -0.480 e. The van der Waals surface area contributed by atoms with Crippen LogP contribution in [-0.4, -0.2) is 29.2 Å². The van der Waals surface area contributed by atoms with Gasteiger partial charge in [-0.25, -0.2) is 0 Å². The van der Waals surface area contributed by atoms with Crippen LogP contribution in [0.15, 0.2) is 47.8 Å². The molecule has 0 saturated carbocycles. The van der Waals surface area contributed by atoms with Gasteiger partial charge < -0.3 is 9.94 Å². The zero-order valence-corrected chi connectivity index (χ0v) is 12.0. The van der Waals surface area contributed by atoms with E-state index in [1.54, 1.807) is 41.8 Å². The molecule has 7 heteroatoms. The Labute approximate surface area is 125 Å². The van der Waals surface area contributed by atoms with Gasteiger partial charge in [0.2, 0.25) is 0 Å². The van der Waals surface area contributed by atoms with Crippen LogP contribution >= 0.6 is 11.3 Å². The summed E-state index contributed by atoms with van der Waals surface area (Å²) in [6, 6.07) is 12.2. The second kappa shape index (κ2) is 6.87. The number of benzene rings is 1. The number of aliphatic carboxylic acids is 1. The molecule has 0 aliphatic heterocycles. The molecule has 2 rings (SSSR count). The van der Waals surface area contributed by atoms with Gasteiger partial charge in [0.05, 0.1) is 0 Å². The summed E-state index contributed by atoms with van der Waals surface area (Å²) in [4.78, 5) is 29.2. The van der Waals surface area contributed by atoms with Crippen molar-refractivity contribution < 1.29 is 19.5 Å². The lowest BCUT2D eigenvalue weighted by Gasteiger charge is -2.20. The van der Waals surface area contributed by atoms with Gasteiger partial charge in [-0.3, -0.25) is 15.0 Å². The Balaban J connectivity index is 2.00. The zero-order valence-electron chi connectivity index (χ0n) is 11.2. The molecule has 1 aromatic carbocycles. The maximum absolute atomic E-state index is 12.1. The molecule has 0 radical (unpaired) electrons. The first-order chi connectivity index (χ1) is 10.1. The number of thiophene rings is 1. The topological polar surface area (TPSA) is 78.9 Å². The Bertz CT molecular complexity index is 601. The third-order valence-electron chi connectivity index (χ3n) is 2.59. The van der Waals surface area contributed by atoms with Crippen molar-refractivity contribution >= 4 is 23.2 Å². The van der Waals surface area contributed by atoms with Crippen LogP contribution in [0.4, 0.5) is 0 Å². The quantitative estimate of drug-likeness (QED) is 0.629. The molecule has 1 atom stereocenters. The van der Waals surface area contributed by atoms with Crippen LogP contribution < -0.4 is 10.3 Å². The number of carboxylic acid groups (broad SMARTS) is 1. The number of hydrogen-bond acceptors (Lipinski definition) is 5. The molecule has 0 spiro atoms. The third-order valence-corrected chi connectivity index (χ3v) is 3.53. The van der Waals surface area contributed by atoms with Gasteiger partial charge >= 0.3 is 5.97 Å². The highest BCUT2D eigenvalue weighted by atomic mass is 32.1. The zero-order chi connectivity index (χ0) is 15.2. The lowest BCUT2D eigenvalue weighted by molar-refractivity contribution is -0.151. The Morgan fingerprint density at radius 2 is 1.95 bits per heavy atom. The van der Waals surface area contributed by atoms with Crippen molar-refractivity contribution in [2.45, 2.75) is 5.92 Å². The van der Waals surface area contributed by atoms with Crippen LogP contribution in [-0.2, 0) is 9.59 Å². The normalized spacial score (nSPS) is 11.9. The van der Waals surface area contributed by atoms with Crippen molar-refractivity contribution in [3.8, 4) is 5.75 Å². The highest BCUT2D eigenvalue weighted by molar-refractivity contribution is 7.10. The van der Waals surface area contributed by atoms with Crippen LogP contribution in [0, 0.1) is 0 Å². The second-order valence-corrected chi connectivity index (χ2v) is 5.14. The lowest BCUT2D eigenvalue weighted by atomic mass is 10.1. The van der Waals surface area contributed by atoms with E-state index in [0.717, 1.165) is 5.17 Å². The number of nitrogens with zero attached hydrogens (tertiary/aromatic N) is 1. The number of amides is 1. The number of rotatable bonds is 6. The summed E-state index contributed by atoms with van der Waals surface area (Å²) >= 11 is 1.22. The summed E-state index contributed by atoms with van der Waals surface area (Å²) in [6.07, 6.45) is 0. The number of hydrazine groups is 1. The number of carbonyl (C=O) groups excluding carboxylic acids is 1. The van der Waals surface area contributed by atoms with Crippen LogP contribution in [0.25, 0.3) is 0 Å². The van der Waals surface area contributed by atoms with Crippen LogP contribution in [0.3, 0.4) is 0 Å². The molecule has 0 saturated heterocycles. The second-order valence-electron chi connectivity index (χ2n) is 4.16. The summed E-state index contributed by atoms with van der Waals surface area (Å²) < 4.78 is 0. The molecule has 21 heavy (non-hydrogen) atoms. The largest absolute Gasteiger partial charge is 0.480 e. The average Bonchev–Trinajstić information content (AvgIpc) is 2.93. The van der Waals surface area contributed by atoms with Gasteiger partial charge in [-0.05, 0) is 23.6 Å². The molecule has 1 unspecified atom stereocenters. The molecule has 0 fully saturated rings. The lowest BCUT2D eigenvalue weighted by Crippen LogP contribution is -2.45. The highest BCUT2D eigenvalue weighted by Crippen LogP contribution is 2.22. The van der Waals surface area contributed by atoms with Gasteiger partial charge in [0.1, 0.15) is 5.75 Å². The van der Waals surface area contributed by atoms with Crippen molar-refractivity contribution in [1.29, 1.82) is 0 Å². The first-order valence-corrected chi connectivity index (χ1v) is 6.99. The van der Waals surface area contributed by atoms with E-state index in [9.17, 15) is 14.7 Å². The fourth-order valence-electron chi connectivity index (χ4n) is 1.70. The smallest absolute Gasteiger partial charge is 0.321 e. The highest BCUT2D eigenvalue weighted by Gasteiger charge is 2.30. The molecule has 0 bridgehead atoms. The van der Waals surface area contributed by atoms with Gasteiger partial charge in [0.15, 0.2) is 5.92 Å². The first kappa shape index (κ1) is 15.0. The molecule has 1 aromatic heterocycles. The summed E-state index contributed by atoms with van der Waals surface area (Å²) in [5.74, 6) is -2.60. The number of nitrogens with one attached hydrogen (secondary N) is 1. The fourth-order valence-corrected chi connectivity index (χ4v) is 2.52. The van der Waals surface area contributed by atoms with Crippen molar-refractivity contribution in [3.63, 3.8) is 0 Å². The van der Waals surface area contributed by atoms with Crippen LogP contribution in [0.5, 0.6) is 5.75 Å². The summed E-state index contributed by atoms with van der Waals surface area (Å²) in [5, 5.41) is 12.0. The SMILES string of the molecule is CN(NC(=O)C(C(=O)O)c1cccs1)Oc1ccccc1. The van der Waals surface area contributed by atoms with E-state index in [4.69, 9.17) is 4.84 Å². The number of hydrogen-bond donors (Lipinski definition) is 2. The standard InChI is InChI=1S/C14H14N2O4S/c1-16(20-10-6-3-2-4-7-10)15-13(17)12(14(18)19)11-8-5-9-21-11/h2-9,12H,1H3,(H,15,17)(H,18,19).